The van der Waals surface area contributed by atoms with Gasteiger partial charge < -0.3 is 14.8 Å². The summed E-state index contributed by atoms with van der Waals surface area (Å²) < 4.78 is 13.1. The zero-order valence-electron chi connectivity index (χ0n) is 19.3. The summed E-state index contributed by atoms with van der Waals surface area (Å²) in [5, 5.41) is 8.54. The van der Waals surface area contributed by atoms with Crippen molar-refractivity contribution in [3.05, 3.63) is 76.5 Å². The second-order valence-corrected chi connectivity index (χ2v) is 8.96. The van der Waals surface area contributed by atoms with Gasteiger partial charge in [0.05, 0.1) is 12.2 Å². The van der Waals surface area contributed by atoms with E-state index in [0.717, 1.165) is 22.6 Å². The summed E-state index contributed by atoms with van der Waals surface area (Å²) in [7, 11) is 0. The minimum Gasteiger partial charge on any atom is -0.489 e. The smallest absolute Gasteiger partial charge is 0.338 e. The Balaban J connectivity index is 1.62. The van der Waals surface area contributed by atoms with Crippen molar-refractivity contribution in [3.8, 4) is 5.75 Å². The number of carbonyl (C=O) groups is 1. The van der Waals surface area contributed by atoms with E-state index in [1.54, 1.807) is 23.4 Å². The minimum absolute atomic E-state index is 0.301. The molecule has 8 heteroatoms. The number of allylic oxidation sites excluding steroid dienone is 1. The van der Waals surface area contributed by atoms with Gasteiger partial charge in [0.25, 0.3) is 0 Å². The number of nitrogens with zero attached hydrogens (tertiary/aromatic N) is 3. The highest BCUT2D eigenvalue weighted by molar-refractivity contribution is 7.99. The quantitative estimate of drug-likeness (QED) is 0.366. The Bertz CT molecular complexity index is 1150. The summed E-state index contributed by atoms with van der Waals surface area (Å²) in [6.45, 7) is 8.58. The number of nitrogens with one attached hydrogen (secondary N) is 1. The molecule has 0 spiro atoms. The van der Waals surface area contributed by atoms with Gasteiger partial charge in [-0.3, -0.25) is 0 Å². The minimum atomic E-state index is -0.440. The van der Waals surface area contributed by atoms with E-state index in [4.69, 9.17) is 9.47 Å². The standard InChI is InChI=1S/C25H28N4O3S/c1-5-31-23(30)21-17(4)26-24-27-25(33-6-2)28-29(24)22(21)19-11-13-20(14-12-19)32-15-18-9-7-16(3)8-10-18/h7-14,22H,5-6,15H2,1-4H3,(H,26,27,28). The van der Waals surface area contributed by atoms with Gasteiger partial charge in [-0.15, -0.1) is 5.10 Å². The molecular weight excluding hydrogens is 436 g/mol. The predicted molar refractivity (Wildman–Crippen MR) is 129 cm³/mol. The Labute approximate surface area is 198 Å². The molecule has 0 aliphatic carbocycles. The first kappa shape index (κ1) is 22.9. The first-order valence-electron chi connectivity index (χ1n) is 11.0. The highest BCUT2D eigenvalue weighted by Crippen LogP contribution is 2.37. The largest absolute Gasteiger partial charge is 0.489 e. The number of esters is 1. The normalized spacial score (nSPS) is 15.1. The van der Waals surface area contributed by atoms with Crippen LogP contribution >= 0.6 is 11.8 Å². The molecule has 1 unspecified atom stereocenters. The number of rotatable bonds is 8. The number of fused-ring (bicyclic) bond motifs is 1. The number of anilines is 1. The SMILES string of the molecule is CCOC(=O)C1=C(C)Nc2nc(SCC)nn2C1c1ccc(OCc2ccc(C)cc2)cc1. The highest BCUT2D eigenvalue weighted by Gasteiger charge is 2.35. The summed E-state index contributed by atoms with van der Waals surface area (Å²) in [6, 6.07) is 15.6. The lowest BCUT2D eigenvalue weighted by molar-refractivity contribution is -0.139. The van der Waals surface area contributed by atoms with Gasteiger partial charge in [-0.25, -0.2) is 9.48 Å². The third-order valence-electron chi connectivity index (χ3n) is 5.32. The molecule has 1 aliphatic heterocycles. The Morgan fingerprint density at radius 3 is 2.48 bits per heavy atom. The van der Waals surface area contributed by atoms with Gasteiger partial charge in [-0.2, -0.15) is 4.98 Å². The molecule has 1 aliphatic rings. The van der Waals surface area contributed by atoms with E-state index in [0.29, 0.717) is 35.6 Å². The van der Waals surface area contributed by atoms with Crippen LogP contribution in [-0.4, -0.2) is 33.1 Å². The zero-order chi connectivity index (χ0) is 23.4. The van der Waals surface area contributed by atoms with Crippen LogP contribution in [-0.2, 0) is 16.1 Å². The summed E-state index contributed by atoms with van der Waals surface area (Å²) in [4.78, 5) is 17.5. The van der Waals surface area contributed by atoms with Crippen LogP contribution < -0.4 is 10.1 Å². The maximum absolute atomic E-state index is 12.9. The maximum Gasteiger partial charge on any atom is 0.338 e. The predicted octanol–water partition coefficient (Wildman–Crippen LogP) is 5.13. The van der Waals surface area contributed by atoms with Crippen molar-refractivity contribution in [2.75, 3.05) is 17.7 Å². The molecule has 3 aromatic rings. The van der Waals surface area contributed by atoms with E-state index in [9.17, 15) is 4.79 Å². The van der Waals surface area contributed by atoms with Gasteiger partial charge in [0.15, 0.2) is 0 Å². The molecule has 1 aromatic heterocycles. The molecule has 1 N–H and O–H groups in total. The first-order valence-corrected chi connectivity index (χ1v) is 12.0. The Kier molecular flexibility index (Phi) is 7.03. The van der Waals surface area contributed by atoms with Crippen molar-refractivity contribution in [1.82, 2.24) is 14.8 Å². The third kappa shape index (κ3) is 5.06. The molecule has 0 bridgehead atoms. The summed E-state index contributed by atoms with van der Waals surface area (Å²) >= 11 is 1.56. The molecule has 2 heterocycles. The van der Waals surface area contributed by atoms with Crippen LogP contribution in [0.1, 0.15) is 43.5 Å². The number of benzene rings is 2. The number of hydrogen-bond acceptors (Lipinski definition) is 7. The van der Waals surface area contributed by atoms with Crippen LogP contribution in [0, 0.1) is 6.92 Å². The molecule has 0 amide bonds. The highest BCUT2D eigenvalue weighted by atomic mass is 32.2. The third-order valence-corrected chi connectivity index (χ3v) is 6.04. The fourth-order valence-electron chi connectivity index (χ4n) is 3.70. The number of hydrogen-bond donors (Lipinski definition) is 1. The molecule has 172 valence electrons. The lowest BCUT2D eigenvalue weighted by Crippen LogP contribution is -2.29. The molecule has 1 atom stereocenters. The Hall–Kier alpha value is -3.26. The summed E-state index contributed by atoms with van der Waals surface area (Å²) in [6.07, 6.45) is 0. The first-order chi connectivity index (χ1) is 16.0. The van der Waals surface area contributed by atoms with Crippen LogP contribution in [0.4, 0.5) is 5.95 Å². The number of aromatic nitrogens is 3. The number of carbonyl (C=O) groups excluding carboxylic acids is 1. The molecular formula is C25H28N4O3S. The molecule has 0 saturated heterocycles. The number of aryl methyl sites for hydroxylation is 1. The zero-order valence-corrected chi connectivity index (χ0v) is 20.1. The molecule has 2 aromatic carbocycles. The maximum atomic E-state index is 12.9. The van der Waals surface area contributed by atoms with Crippen molar-refractivity contribution in [1.29, 1.82) is 0 Å². The van der Waals surface area contributed by atoms with Gasteiger partial charge in [0.1, 0.15) is 18.4 Å². The summed E-state index contributed by atoms with van der Waals surface area (Å²) in [5.74, 6) is 1.87. The molecule has 7 nitrogen and oxygen atoms in total. The van der Waals surface area contributed by atoms with E-state index in [1.165, 1.54) is 5.56 Å². The van der Waals surface area contributed by atoms with E-state index < -0.39 is 6.04 Å². The van der Waals surface area contributed by atoms with Gasteiger partial charge in [-0.1, -0.05) is 60.6 Å². The Morgan fingerprint density at radius 1 is 1.09 bits per heavy atom. The average molecular weight is 465 g/mol. The molecule has 0 radical (unpaired) electrons. The second kappa shape index (κ2) is 10.1. The molecule has 0 fully saturated rings. The van der Waals surface area contributed by atoms with Crippen LogP contribution in [0.3, 0.4) is 0 Å². The van der Waals surface area contributed by atoms with Gasteiger partial charge in [-0.05, 0) is 49.8 Å². The van der Waals surface area contributed by atoms with E-state index >= 15 is 0 Å². The summed E-state index contributed by atoms with van der Waals surface area (Å²) in [5.41, 5.74) is 4.47. The second-order valence-electron chi connectivity index (χ2n) is 7.73. The van der Waals surface area contributed by atoms with Crippen LogP contribution in [0.15, 0.2) is 65.0 Å². The number of ether oxygens (including phenoxy) is 2. The van der Waals surface area contributed by atoms with Gasteiger partial charge in [0.2, 0.25) is 11.1 Å². The average Bonchev–Trinajstić information content (AvgIpc) is 3.20. The molecule has 33 heavy (non-hydrogen) atoms. The Morgan fingerprint density at radius 2 is 1.82 bits per heavy atom. The molecule has 4 rings (SSSR count). The number of thioether (sulfide) groups is 1. The van der Waals surface area contributed by atoms with Gasteiger partial charge >= 0.3 is 5.97 Å². The van der Waals surface area contributed by atoms with Crippen molar-refractivity contribution in [2.24, 2.45) is 0 Å². The van der Waals surface area contributed by atoms with Crippen LogP contribution in [0.25, 0.3) is 0 Å². The van der Waals surface area contributed by atoms with Crippen molar-refractivity contribution in [2.45, 2.75) is 45.5 Å². The monoisotopic (exact) mass is 464 g/mol. The fourth-order valence-corrected chi connectivity index (χ4v) is 4.26. The molecule has 0 saturated carbocycles. The van der Waals surface area contributed by atoms with Crippen LogP contribution in [0.5, 0.6) is 5.75 Å². The van der Waals surface area contributed by atoms with Crippen LogP contribution in [0.2, 0.25) is 0 Å². The van der Waals surface area contributed by atoms with E-state index in [2.05, 4.69) is 53.5 Å². The van der Waals surface area contributed by atoms with E-state index in [1.807, 2.05) is 31.2 Å². The topological polar surface area (TPSA) is 78.3 Å². The fraction of sp³-hybridized carbons (Fsp3) is 0.320. The van der Waals surface area contributed by atoms with E-state index in [-0.39, 0.29) is 5.97 Å². The van der Waals surface area contributed by atoms with Crippen molar-refractivity contribution < 1.29 is 14.3 Å². The van der Waals surface area contributed by atoms with Gasteiger partial charge in [0, 0.05) is 5.70 Å². The van der Waals surface area contributed by atoms with Crippen molar-refractivity contribution >= 4 is 23.7 Å². The lowest BCUT2D eigenvalue weighted by atomic mass is 9.96. The lowest BCUT2D eigenvalue weighted by Gasteiger charge is -2.28. The van der Waals surface area contributed by atoms with Crippen molar-refractivity contribution in [3.63, 3.8) is 0 Å².